The van der Waals surface area contributed by atoms with E-state index in [1.807, 2.05) is 6.20 Å². The van der Waals surface area contributed by atoms with Crippen molar-refractivity contribution in [1.29, 1.82) is 0 Å². The predicted molar refractivity (Wildman–Crippen MR) is 79.4 cm³/mol. The summed E-state index contributed by atoms with van der Waals surface area (Å²) < 4.78 is 20.7. The summed E-state index contributed by atoms with van der Waals surface area (Å²) in [4.78, 5) is 8.54. The zero-order valence-electron chi connectivity index (χ0n) is 11.5. The Hall–Kier alpha value is -2.08. The topological polar surface area (TPSA) is 43.9 Å². The van der Waals surface area contributed by atoms with E-state index in [0.29, 0.717) is 17.4 Å². The van der Waals surface area contributed by atoms with Crippen LogP contribution in [0.15, 0.2) is 52.4 Å². The van der Waals surface area contributed by atoms with Crippen LogP contribution >= 0.6 is 11.8 Å². The van der Waals surface area contributed by atoms with Gasteiger partial charge in [-0.25, -0.2) is 14.4 Å². The molecule has 0 saturated carbocycles. The molecule has 21 heavy (non-hydrogen) atoms. The molecule has 0 aliphatic heterocycles. The van der Waals surface area contributed by atoms with Crippen LogP contribution in [0.5, 0.6) is 0 Å². The van der Waals surface area contributed by atoms with Crippen molar-refractivity contribution in [1.82, 2.24) is 14.5 Å². The fraction of sp³-hybridized carbons (Fsp3) is 0.200. The Morgan fingerprint density at radius 1 is 1.24 bits per heavy atom. The first-order chi connectivity index (χ1) is 10.3. The second-order valence-electron chi connectivity index (χ2n) is 4.41. The summed E-state index contributed by atoms with van der Waals surface area (Å²) in [6.07, 6.45) is 5.39. The number of aryl methyl sites for hydroxylation is 1. The van der Waals surface area contributed by atoms with E-state index in [1.54, 1.807) is 36.3 Å². The Balaban J connectivity index is 1.69. The number of oxazole rings is 1. The molecule has 6 heteroatoms. The number of hydrogen-bond donors (Lipinski definition) is 0. The summed E-state index contributed by atoms with van der Waals surface area (Å²) in [6, 6.07) is 6.17. The number of halogens is 1. The Morgan fingerprint density at radius 3 is 2.81 bits per heavy atom. The van der Waals surface area contributed by atoms with Gasteiger partial charge in [0.15, 0.2) is 10.9 Å². The first-order valence-electron chi connectivity index (χ1n) is 6.61. The van der Waals surface area contributed by atoms with Gasteiger partial charge < -0.3 is 8.98 Å². The molecule has 2 heterocycles. The molecule has 0 saturated heterocycles. The van der Waals surface area contributed by atoms with Gasteiger partial charge in [0, 0.05) is 24.5 Å². The van der Waals surface area contributed by atoms with Gasteiger partial charge in [-0.2, -0.15) is 0 Å². The van der Waals surface area contributed by atoms with Crippen molar-refractivity contribution in [3.05, 3.63) is 54.6 Å². The van der Waals surface area contributed by atoms with E-state index in [0.717, 1.165) is 17.3 Å². The molecular formula is C15H14FN3OS. The Bertz CT molecular complexity index is 721. The lowest BCUT2D eigenvalue weighted by Crippen LogP contribution is -1.94. The van der Waals surface area contributed by atoms with Gasteiger partial charge in [0.2, 0.25) is 5.89 Å². The van der Waals surface area contributed by atoms with Crippen LogP contribution in [0, 0.1) is 5.82 Å². The van der Waals surface area contributed by atoms with Crippen molar-refractivity contribution in [3.63, 3.8) is 0 Å². The van der Waals surface area contributed by atoms with Crippen molar-refractivity contribution in [2.24, 2.45) is 0 Å². The van der Waals surface area contributed by atoms with Gasteiger partial charge in [-0.05, 0) is 31.2 Å². The molecule has 0 spiro atoms. The first kappa shape index (κ1) is 13.9. The summed E-state index contributed by atoms with van der Waals surface area (Å²) in [5.41, 5.74) is 0.815. The van der Waals surface area contributed by atoms with Crippen molar-refractivity contribution in [2.45, 2.75) is 24.4 Å². The molecule has 108 valence electrons. The van der Waals surface area contributed by atoms with E-state index in [9.17, 15) is 4.39 Å². The standard InChI is InChI=1S/C15H14FN3OS/c1-2-19-8-7-17-15(19)21-10-14-18-9-13(20-14)11-3-5-12(16)6-4-11/h3-9H,2,10H2,1H3. The van der Waals surface area contributed by atoms with E-state index >= 15 is 0 Å². The molecule has 0 amide bonds. The van der Waals surface area contributed by atoms with Crippen LogP contribution in [0.25, 0.3) is 11.3 Å². The number of aromatic nitrogens is 3. The van der Waals surface area contributed by atoms with Crippen LogP contribution in [0.1, 0.15) is 12.8 Å². The van der Waals surface area contributed by atoms with Gasteiger partial charge in [0.1, 0.15) is 5.82 Å². The minimum absolute atomic E-state index is 0.263. The predicted octanol–water partition coefficient (Wildman–Crippen LogP) is 3.99. The fourth-order valence-corrected chi connectivity index (χ4v) is 2.80. The smallest absolute Gasteiger partial charge is 0.205 e. The Labute approximate surface area is 126 Å². The molecule has 0 radical (unpaired) electrons. The van der Waals surface area contributed by atoms with Crippen LogP contribution in [-0.4, -0.2) is 14.5 Å². The van der Waals surface area contributed by atoms with Gasteiger partial charge in [-0.1, -0.05) is 11.8 Å². The van der Waals surface area contributed by atoms with E-state index in [-0.39, 0.29) is 5.82 Å². The third-order valence-electron chi connectivity index (χ3n) is 3.03. The number of nitrogens with zero attached hydrogens (tertiary/aromatic N) is 3. The zero-order valence-corrected chi connectivity index (χ0v) is 12.3. The highest BCUT2D eigenvalue weighted by atomic mass is 32.2. The molecule has 0 bridgehead atoms. The molecule has 0 atom stereocenters. The first-order valence-corrected chi connectivity index (χ1v) is 7.59. The van der Waals surface area contributed by atoms with Crippen molar-refractivity contribution < 1.29 is 8.81 Å². The van der Waals surface area contributed by atoms with E-state index in [1.165, 1.54) is 12.1 Å². The third-order valence-corrected chi connectivity index (χ3v) is 4.01. The molecular weight excluding hydrogens is 289 g/mol. The highest BCUT2D eigenvalue weighted by Crippen LogP contribution is 2.25. The Kier molecular flexibility index (Phi) is 4.06. The lowest BCUT2D eigenvalue weighted by atomic mass is 10.2. The highest BCUT2D eigenvalue weighted by molar-refractivity contribution is 7.98. The second kappa shape index (κ2) is 6.13. The molecule has 0 fully saturated rings. The SMILES string of the molecule is CCn1ccnc1SCc1ncc(-c2ccc(F)cc2)o1. The van der Waals surface area contributed by atoms with Gasteiger partial charge >= 0.3 is 0 Å². The van der Waals surface area contributed by atoms with Crippen LogP contribution in [0.4, 0.5) is 4.39 Å². The second-order valence-corrected chi connectivity index (χ2v) is 5.35. The van der Waals surface area contributed by atoms with E-state index < -0.39 is 0 Å². The van der Waals surface area contributed by atoms with Crippen molar-refractivity contribution >= 4 is 11.8 Å². The molecule has 0 aliphatic rings. The van der Waals surface area contributed by atoms with Crippen LogP contribution < -0.4 is 0 Å². The van der Waals surface area contributed by atoms with Gasteiger partial charge in [0.05, 0.1) is 11.9 Å². The van der Waals surface area contributed by atoms with Crippen LogP contribution in [-0.2, 0) is 12.3 Å². The average Bonchev–Trinajstić information content (AvgIpc) is 3.14. The van der Waals surface area contributed by atoms with E-state index in [2.05, 4.69) is 21.5 Å². The lowest BCUT2D eigenvalue weighted by Gasteiger charge is -2.02. The monoisotopic (exact) mass is 303 g/mol. The normalized spacial score (nSPS) is 11.0. The summed E-state index contributed by atoms with van der Waals surface area (Å²) in [5, 5.41) is 0.944. The number of imidazole rings is 1. The molecule has 0 aliphatic carbocycles. The molecule has 2 aromatic heterocycles. The van der Waals surface area contributed by atoms with Crippen LogP contribution in [0.3, 0.4) is 0 Å². The minimum Gasteiger partial charge on any atom is -0.440 e. The summed E-state index contributed by atoms with van der Waals surface area (Å²) in [6.45, 7) is 2.96. The summed E-state index contributed by atoms with van der Waals surface area (Å²) >= 11 is 1.58. The van der Waals surface area contributed by atoms with Crippen LogP contribution in [0.2, 0.25) is 0 Å². The van der Waals surface area contributed by atoms with Gasteiger partial charge in [-0.15, -0.1) is 0 Å². The van der Waals surface area contributed by atoms with Crippen molar-refractivity contribution in [2.75, 3.05) is 0 Å². The average molecular weight is 303 g/mol. The highest BCUT2D eigenvalue weighted by Gasteiger charge is 2.09. The van der Waals surface area contributed by atoms with Crippen molar-refractivity contribution in [3.8, 4) is 11.3 Å². The molecule has 4 nitrogen and oxygen atoms in total. The zero-order chi connectivity index (χ0) is 14.7. The maximum atomic E-state index is 12.9. The number of thioether (sulfide) groups is 1. The van der Waals surface area contributed by atoms with Gasteiger partial charge in [-0.3, -0.25) is 0 Å². The molecule has 3 rings (SSSR count). The fourth-order valence-electron chi connectivity index (χ4n) is 1.93. The summed E-state index contributed by atoms with van der Waals surface area (Å²) in [7, 11) is 0. The maximum Gasteiger partial charge on any atom is 0.205 e. The van der Waals surface area contributed by atoms with Gasteiger partial charge in [0.25, 0.3) is 0 Å². The number of hydrogen-bond acceptors (Lipinski definition) is 4. The molecule has 0 unspecified atom stereocenters. The molecule has 1 aromatic carbocycles. The largest absolute Gasteiger partial charge is 0.440 e. The Morgan fingerprint density at radius 2 is 2.05 bits per heavy atom. The maximum absolute atomic E-state index is 12.9. The minimum atomic E-state index is -0.263. The lowest BCUT2D eigenvalue weighted by molar-refractivity contribution is 0.529. The number of rotatable bonds is 5. The number of benzene rings is 1. The quantitative estimate of drug-likeness (QED) is 0.668. The third kappa shape index (κ3) is 3.16. The summed E-state index contributed by atoms with van der Waals surface area (Å²) in [5.74, 6) is 1.62. The van der Waals surface area contributed by atoms with E-state index in [4.69, 9.17) is 4.42 Å². The molecule has 0 N–H and O–H groups in total. The molecule has 3 aromatic rings.